The van der Waals surface area contributed by atoms with Crippen LogP contribution in [0.25, 0.3) is 11.6 Å². The van der Waals surface area contributed by atoms with Crippen LogP contribution in [0.4, 0.5) is 0 Å². The summed E-state index contributed by atoms with van der Waals surface area (Å²) in [4.78, 5) is 13.1. The van der Waals surface area contributed by atoms with Crippen molar-refractivity contribution in [1.82, 2.24) is 0 Å². The van der Waals surface area contributed by atoms with Crippen LogP contribution in [0.5, 0.6) is 17.2 Å². The topological polar surface area (TPSA) is 107 Å². The minimum atomic E-state index is -1.42. The molecule has 1 aliphatic heterocycles. The number of esters is 1. The second-order valence-corrected chi connectivity index (χ2v) is 12.7. The van der Waals surface area contributed by atoms with Crippen LogP contribution in [0, 0.1) is 0 Å². The Labute approximate surface area is 255 Å². The fourth-order valence-corrected chi connectivity index (χ4v) is 7.16. The molecule has 0 spiro atoms. The summed E-state index contributed by atoms with van der Waals surface area (Å²) in [5.41, 5.74) is 1.66. The maximum Gasteiger partial charge on any atom is 0.343 e. The number of rotatable bonds is 4. The normalized spacial score (nSPS) is 15.5. The van der Waals surface area contributed by atoms with Crippen LogP contribution < -0.4 is 0 Å². The van der Waals surface area contributed by atoms with Crippen molar-refractivity contribution in [2.24, 2.45) is 0 Å². The summed E-state index contributed by atoms with van der Waals surface area (Å²) < 4.78 is 7.83. The number of ether oxygens (including phenoxy) is 1. The van der Waals surface area contributed by atoms with Gasteiger partial charge in [-0.3, -0.25) is 0 Å². The number of hydrogen-bond donors (Lipinski definition) is 4. The number of carbonyl (C=O) groups excluding carboxylic acids is 1. The standard InChI is InChI=1S/C24H12Br6O6/c25-11-1-8(2-12(26)21(11)32)3-17-18(9-4-13(27)22(33)14(28)5-9)19(24(35)36-17)20(31)10-6-15(29)23(34)16(30)7-10/h1-7,20,31-34H/b17-3-. The van der Waals surface area contributed by atoms with Gasteiger partial charge in [-0.1, -0.05) is 0 Å². The number of aliphatic hydroxyl groups excluding tert-OH is 1. The van der Waals surface area contributed by atoms with E-state index >= 15 is 0 Å². The SMILES string of the molecule is O=C1O/C(=C\c2cc(Br)c(O)c(Br)c2)C(c2cc(Br)c(O)c(Br)c2)=C1C(O)c1cc(Br)c(O)c(Br)c1. The summed E-state index contributed by atoms with van der Waals surface area (Å²) in [5.74, 6) is -0.678. The maximum atomic E-state index is 13.1. The molecule has 0 aromatic heterocycles. The van der Waals surface area contributed by atoms with Gasteiger partial charge in [-0.2, -0.15) is 0 Å². The Hall–Kier alpha value is -1.15. The van der Waals surface area contributed by atoms with E-state index in [2.05, 4.69) is 95.6 Å². The number of carbonyl (C=O) groups is 1. The number of phenols is 3. The Morgan fingerprint density at radius 3 is 1.58 bits per heavy atom. The Balaban J connectivity index is 1.98. The molecule has 3 aromatic rings. The highest BCUT2D eigenvalue weighted by molar-refractivity contribution is 9.11. The largest absolute Gasteiger partial charge is 0.506 e. The molecule has 186 valence electrons. The predicted octanol–water partition coefficient (Wildman–Crippen LogP) is 8.46. The third-order valence-corrected chi connectivity index (χ3v) is 8.84. The summed E-state index contributed by atoms with van der Waals surface area (Å²) >= 11 is 19.7. The van der Waals surface area contributed by atoms with Crippen molar-refractivity contribution in [2.75, 3.05) is 0 Å². The van der Waals surface area contributed by atoms with E-state index in [1.54, 1.807) is 30.3 Å². The number of phenolic OH excluding ortho intramolecular Hbond substituents is 3. The fourth-order valence-electron chi connectivity index (χ4n) is 3.53. The molecule has 3 aromatic carbocycles. The molecule has 1 heterocycles. The van der Waals surface area contributed by atoms with Crippen molar-refractivity contribution in [2.45, 2.75) is 6.10 Å². The lowest BCUT2D eigenvalue weighted by molar-refractivity contribution is -0.134. The predicted molar refractivity (Wildman–Crippen MR) is 156 cm³/mol. The van der Waals surface area contributed by atoms with E-state index in [1.807, 2.05) is 0 Å². The molecule has 1 unspecified atom stereocenters. The first kappa shape index (κ1) is 27.9. The third kappa shape index (κ3) is 5.36. The number of aliphatic hydroxyl groups is 1. The first-order valence-electron chi connectivity index (χ1n) is 9.79. The molecular formula is C24H12Br6O6. The van der Waals surface area contributed by atoms with Crippen LogP contribution >= 0.6 is 95.6 Å². The lowest BCUT2D eigenvalue weighted by atomic mass is 9.92. The van der Waals surface area contributed by atoms with Gasteiger partial charge in [0.05, 0.1) is 32.4 Å². The lowest BCUT2D eigenvalue weighted by Crippen LogP contribution is -2.10. The quantitative estimate of drug-likeness (QED) is 0.196. The van der Waals surface area contributed by atoms with Gasteiger partial charge in [0.25, 0.3) is 0 Å². The maximum absolute atomic E-state index is 13.1. The van der Waals surface area contributed by atoms with E-state index in [4.69, 9.17) is 4.74 Å². The zero-order valence-electron chi connectivity index (χ0n) is 17.5. The average molecular weight is 876 g/mol. The van der Waals surface area contributed by atoms with Crippen LogP contribution in [0.3, 0.4) is 0 Å². The molecule has 0 saturated carbocycles. The molecule has 1 aliphatic rings. The average Bonchev–Trinajstić information content (AvgIpc) is 3.13. The second kappa shape index (κ2) is 10.9. The van der Waals surface area contributed by atoms with E-state index in [-0.39, 0.29) is 28.6 Å². The third-order valence-electron chi connectivity index (χ3n) is 5.21. The summed E-state index contributed by atoms with van der Waals surface area (Å²) in [6.45, 7) is 0. The summed E-state index contributed by atoms with van der Waals surface area (Å²) in [7, 11) is 0. The van der Waals surface area contributed by atoms with Gasteiger partial charge in [-0.25, -0.2) is 4.79 Å². The van der Waals surface area contributed by atoms with E-state index in [9.17, 15) is 25.2 Å². The van der Waals surface area contributed by atoms with Gasteiger partial charge in [0.15, 0.2) is 0 Å². The molecule has 0 bridgehead atoms. The molecule has 4 rings (SSSR count). The summed E-state index contributed by atoms with van der Waals surface area (Å²) in [6, 6.07) is 9.49. The minimum absolute atomic E-state index is 0.0160. The number of allylic oxidation sites excluding steroid dienone is 1. The van der Waals surface area contributed by atoms with Crippen LogP contribution in [-0.2, 0) is 9.53 Å². The molecule has 6 nitrogen and oxygen atoms in total. The van der Waals surface area contributed by atoms with Gasteiger partial charge in [0.2, 0.25) is 0 Å². The first-order chi connectivity index (χ1) is 16.9. The molecule has 1 atom stereocenters. The molecule has 0 fully saturated rings. The highest BCUT2D eigenvalue weighted by atomic mass is 79.9. The van der Waals surface area contributed by atoms with E-state index in [0.29, 0.717) is 49.1 Å². The van der Waals surface area contributed by atoms with Crippen molar-refractivity contribution < 1.29 is 30.0 Å². The molecule has 12 heteroatoms. The summed E-state index contributed by atoms with van der Waals surface area (Å²) in [6.07, 6.45) is 0.176. The second-order valence-electron chi connectivity index (χ2n) is 7.54. The van der Waals surface area contributed by atoms with Crippen molar-refractivity contribution in [1.29, 1.82) is 0 Å². The zero-order chi connectivity index (χ0) is 26.5. The minimum Gasteiger partial charge on any atom is -0.506 e. The van der Waals surface area contributed by atoms with Crippen LogP contribution in [0.1, 0.15) is 22.8 Å². The van der Waals surface area contributed by atoms with Gasteiger partial charge < -0.3 is 25.2 Å². The number of benzene rings is 3. The first-order valence-corrected chi connectivity index (χ1v) is 14.6. The van der Waals surface area contributed by atoms with Crippen LogP contribution in [-0.4, -0.2) is 26.4 Å². The smallest absolute Gasteiger partial charge is 0.343 e. The van der Waals surface area contributed by atoms with Gasteiger partial charge >= 0.3 is 5.97 Å². The Bertz CT molecular complexity index is 1430. The highest BCUT2D eigenvalue weighted by Crippen LogP contribution is 2.46. The van der Waals surface area contributed by atoms with Crippen molar-refractivity contribution in [3.63, 3.8) is 0 Å². The molecule has 0 amide bonds. The molecule has 4 N–H and O–H groups in total. The van der Waals surface area contributed by atoms with E-state index in [0.717, 1.165) is 0 Å². The highest BCUT2D eigenvalue weighted by Gasteiger charge is 2.37. The van der Waals surface area contributed by atoms with Gasteiger partial charge in [-0.15, -0.1) is 0 Å². The van der Waals surface area contributed by atoms with E-state index in [1.165, 1.54) is 12.1 Å². The number of hydrogen-bond acceptors (Lipinski definition) is 6. The van der Waals surface area contributed by atoms with Gasteiger partial charge in [0, 0.05) is 5.57 Å². The molecule has 36 heavy (non-hydrogen) atoms. The zero-order valence-corrected chi connectivity index (χ0v) is 27.0. The number of halogens is 6. The van der Waals surface area contributed by atoms with Crippen LogP contribution in [0.15, 0.2) is 74.6 Å². The van der Waals surface area contributed by atoms with Crippen molar-refractivity contribution in [3.8, 4) is 17.2 Å². The van der Waals surface area contributed by atoms with E-state index < -0.39 is 12.1 Å². The number of aromatic hydroxyl groups is 3. The Kier molecular flexibility index (Phi) is 8.45. The molecule has 0 radical (unpaired) electrons. The summed E-state index contributed by atoms with van der Waals surface area (Å²) in [5, 5.41) is 41.7. The monoisotopic (exact) mass is 870 g/mol. The van der Waals surface area contributed by atoms with Crippen molar-refractivity contribution in [3.05, 3.63) is 91.3 Å². The molecule has 0 aliphatic carbocycles. The lowest BCUT2D eigenvalue weighted by Gasteiger charge is -2.15. The Morgan fingerprint density at radius 2 is 1.11 bits per heavy atom. The molecule has 0 saturated heterocycles. The number of cyclic esters (lactones) is 1. The van der Waals surface area contributed by atoms with Crippen molar-refractivity contribution >= 4 is 113 Å². The Morgan fingerprint density at radius 1 is 0.694 bits per heavy atom. The van der Waals surface area contributed by atoms with Gasteiger partial charge in [-0.05, 0) is 155 Å². The molecular weight excluding hydrogens is 864 g/mol. The van der Waals surface area contributed by atoms with Gasteiger partial charge in [0.1, 0.15) is 29.1 Å². The van der Waals surface area contributed by atoms with Crippen LogP contribution in [0.2, 0.25) is 0 Å². The fraction of sp³-hybridized carbons (Fsp3) is 0.0417.